The molecule has 102 valence electrons. The molecule has 1 aromatic heterocycles. The fourth-order valence-corrected chi connectivity index (χ4v) is 3.46. The molecule has 1 amide bonds. The van der Waals surface area contributed by atoms with Crippen molar-refractivity contribution in [2.45, 2.75) is 31.2 Å². The minimum atomic E-state index is 0.0653. The summed E-state index contributed by atoms with van der Waals surface area (Å²) in [4.78, 5) is 16.5. The second-order valence-corrected chi connectivity index (χ2v) is 5.51. The molecule has 0 bridgehead atoms. The number of hydrogen-bond donors (Lipinski definition) is 3. The van der Waals surface area contributed by atoms with Gasteiger partial charge in [-0.05, 0) is 37.3 Å². The van der Waals surface area contributed by atoms with E-state index in [1.807, 2.05) is 18.3 Å². The SMILES string of the molecule is NCC1NNC(=O)C2CC(c3ccccn3)CCC12. The maximum Gasteiger partial charge on any atom is 0.237 e. The van der Waals surface area contributed by atoms with Gasteiger partial charge in [0, 0.05) is 36.3 Å². The van der Waals surface area contributed by atoms with Crippen molar-refractivity contribution in [3.63, 3.8) is 0 Å². The molecule has 4 unspecified atom stereocenters. The molecule has 4 atom stereocenters. The Labute approximate surface area is 112 Å². The first-order chi connectivity index (χ1) is 9.29. The molecule has 19 heavy (non-hydrogen) atoms. The smallest absolute Gasteiger partial charge is 0.237 e. The fraction of sp³-hybridized carbons (Fsp3) is 0.571. The second-order valence-electron chi connectivity index (χ2n) is 5.51. The standard InChI is InChI=1S/C14H20N4O/c15-8-13-10-5-4-9(12-3-1-2-6-16-12)7-11(10)14(19)18-17-13/h1-3,6,9-11,13,17H,4-5,7-8,15H2,(H,18,19). The summed E-state index contributed by atoms with van der Waals surface area (Å²) in [5.41, 5.74) is 12.7. The van der Waals surface area contributed by atoms with Gasteiger partial charge in [0.05, 0.1) is 0 Å². The number of amides is 1. The van der Waals surface area contributed by atoms with E-state index in [0.717, 1.165) is 25.0 Å². The Bertz CT molecular complexity index is 450. The molecule has 2 heterocycles. The Balaban J connectivity index is 1.77. The van der Waals surface area contributed by atoms with Crippen LogP contribution in [0.25, 0.3) is 0 Å². The molecule has 3 rings (SSSR count). The van der Waals surface area contributed by atoms with Crippen LogP contribution in [0.4, 0.5) is 0 Å². The lowest BCUT2D eigenvalue weighted by atomic mass is 9.69. The molecule has 0 aromatic carbocycles. The van der Waals surface area contributed by atoms with Crippen LogP contribution >= 0.6 is 0 Å². The number of aromatic nitrogens is 1. The lowest BCUT2D eigenvalue weighted by molar-refractivity contribution is -0.133. The molecule has 5 nitrogen and oxygen atoms in total. The molecule has 4 N–H and O–H groups in total. The number of nitrogens with two attached hydrogens (primary N) is 1. The Morgan fingerprint density at radius 1 is 1.37 bits per heavy atom. The number of pyridine rings is 1. The third kappa shape index (κ3) is 2.35. The van der Waals surface area contributed by atoms with Crippen molar-refractivity contribution in [1.29, 1.82) is 0 Å². The molecule has 0 spiro atoms. The lowest BCUT2D eigenvalue weighted by Crippen LogP contribution is -2.62. The topological polar surface area (TPSA) is 80.0 Å². The second kappa shape index (κ2) is 5.27. The third-order valence-corrected chi connectivity index (χ3v) is 4.50. The average Bonchev–Trinajstić information content (AvgIpc) is 2.48. The summed E-state index contributed by atoms with van der Waals surface area (Å²) in [7, 11) is 0. The molecule has 5 heteroatoms. The fourth-order valence-electron chi connectivity index (χ4n) is 3.46. The lowest BCUT2D eigenvalue weighted by Gasteiger charge is -2.43. The molecular weight excluding hydrogens is 240 g/mol. The zero-order valence-electron chi connectivity index (χ0n) is 10.9. The van der Waals surface area contributed by atoms with Crippen molar-refractivity contribution in [3.05, 3.63) is 30.1 Å². The van der Waals surface area contributed by atoms with Gasteiger partial charge in [-0.3, -0.25) is 15.2 Å². The van der Waals surface area contributed by atoms with Crippen LogP contribution in [0.15, 0.2) is 24.4 Å². The molecule has 1 aliphatic carbocycles. The number of hydrazine groups is 1. The van der Waals surface area contributed by atoms with Crippen LogP contribution < -0.4 is 16.6 Å². The van der Waals surface area contributed by atoms with Gasteiger partial charge in [-0.2, -0.15) is 0 Å². The summed E-state index contributed by atoms with van der Waals surface area (Å²) in [6, 6.07) is 6.20. The van der Waals surface area contributed by atoms with Crippen LogP contribution in [-0.4, -0.2) is 23.5 Å². The zero-order chi connectivity index (χ0) is 13.2. The van der Waals surface area contributed by atoms with Gasteiger partial charge in [0.15, 0.2) is 0 Å². The highest BCUT2D eigenvalue weighted by molar-refractivity contribution is 5.79. The van der Waals surface area contributed by atoms with Crippen molar-refractivity contribution in [1.82, 2.24) is 15.8 Å². The molecule has 1 saturated heterocycles. The van der Waals surface area contributed by atoms with E-state index >= 15 is 0 Å². The molecular formula is C14H20N4O. The van der Waals surface area contributed by atoms with E-state index in [4.69, 9.17) is 5.73 Å². The average molecular weight is 260 g/mol. The van der Waals surface area contributed by atoms with Crippen LogP contribution in [-0.2, 0) is 4.79 Å². The Morgan fingerprint density at radius 2 is 2.26 bits per heavy atom. The van der Waals surface area contributed by atoms with Crippen LogP contribution in [0.2, 0.25) is 0 Å². The van der Waals surface area contributed by atoms with Gasteiger partial charge >= 0.3 is 0 Å². The van der Waals surface area contributed by atoms with Crippen molar-refractivity contribution in [2.75, 3.05) is 6.54 Å². The van der Waals surface area contributed by atoms with Gasteiger partial charge in [0.1, 0.15) is 0 Å². The minimum Gasteiger partial charge on any atom is -0.329 e. The van der Waals surface area contributed by atoms with Crippen LogP contribution in [0.3, 0.4) is 0 Å². The quantitative estimate of drug-likeness (QED) is 0.725. The first-order valence-corrected chi connectivity index (χ1v) is 6.96. The predicted molar refractivity (Wildman–Crippen MR) is 71.9 cm³/mol. The largest absolute Gasteiger partial charge is 0.329 e. The van der Waals surface area contributed by atoms with E-state index in [0.29, 0.717) is 18.4 Å². The van der Waals surface area contributed by atoms with Gasteiger partial charge in [-0.15, -0.1) is 0 Å². The van der Waals surface area contributed by atoms with Crippen molar-refractivity contribution in [2.24, 2.45) is 17.6 Å². The summed E-state index contributed by atoms with van der Waals surface area (Å²) >= 11 is 0. The molecule has 2 aliphatic rings. The van der Waals surface area contributed by atoms with Gasteiger partial charge in [-0.25, -0.2) is 5.43 Å². The molecule has 0 radical (unpaired) electrons. The number of hydrogen-bond acceptors (Lipinski definition) is 4. The number of nitrogens with one attached hydrogen (secondary N) is 2. The molecule has 1 saturated carbocycles. The van der Waals surface area contributed by atoms with E-state index in [1.165, 1.54) is 0 Å². The summed E-state index contributed by atoms with van der Waals surface area (Å²) in [6.07, 6.45) is 4.83. The van der Waals surface area contributed by atoms with Gasteiger partial charge in [0.2, 0.25) is 5.91 Å². The van der Waals surface area contributed by atoms with Gasteiger partial charge in [-0.1, -0.05) is 6.07 Å². The van der Waals surface area contributed by atoms with Crippen molar-refractivity contribution in [3.8, 4) is 0 Å². The minimum absolute atomic E-state index is 0.0653. The predicted octanol–water partition coefficient (Wildman–Crippen LogP) is 0.543. The number of rotatable bonds is 2. The highest BCUT2D eigenvalue weighted by Gasteiger charge is 2.42. The first-order valence-electron chi connectivity index (χ1n) is 6.96. The summed E-state index contributed by atoms with van der Waals surface area (Å²) in [5.74, 6) is 0.925. The Morgan fingerprint density at radius 3 is 3.00 bits per heavy atom. The number of carbonyl (C=O) groups excluding carboxylic acids is 1. The summed E-state index contributed by atoms with van der Waals surface area (Å²) < 4.78 is 0. The van der Waals surface area contributed by atoms with E-state index < -0.39 is 0 Å². The van der Waals surface area contributed by atoms with Crippen molar-refractivity contribution >= 4 is 5.91 Å². The maximum absolute atomic E-state index is 12.0. The Kier molecular flexibility index (Phi) is 3.48. The van der Waals surface area contributed by atoms with E-state index in [2.05, 4.69) is 21.9 Å². The Hall–Kier alpha value is -1.46. The number of fused-ring (bicyclic) bond motifs is 1. The number of nitrogens with zero attached hydrogens (tertiary/aromatic N) is 1. The van der Waals surface area contributed by atoms with Gasteiger partial charge in [0.25, 0.3) is 0 Å². The normalized spacial score (nSPS) is 34.5. The maximum atomic E-state index is 12.0. The molecule has 1 aliphatic heterocycles. The third-order valence-electron chi connectivity index (χ3n) is 4.50. The van der Waals surface area contributed by atoms with Crippen LogP contribution in [0, 0.1) is 11.8 Å². The van der Waals surface area contributed by atoms with Gasteiger partial charge < -0.3 is 5.73 Å². The summed E-state index contributed by atoms with van der Waals surface area (Å²) in [5, 5.41) is 0. The highest BCUT2D eigenvalue weighted by Crippen LogP contribution is 2.41. The molecule has 2 fully saturated rings. The van der Waals surface area contributed by atoms with E-state index in [-0.39, 0.29) is 17.9 Å². The van der Waals surface area contributed by atoms with Crippen molar-refractivity contribution < 1.29 is 4.79 Å². The summed E-state index contributed by atoms with van der Waals surface area (Å²) in [6.45, 7) is 0.565. The molecule has 1 aromatic rings. The van der Waals surface area contributed by atoms with E-state index in [1.54, 1.807) is 0 Å². The first kappa shape index (κ1) is 12.6. The zero-order valence-corrected chi connectivity index (χ0v) is 10.9. The monoisotopic (exact) mass is 260 g/mol. The van der Waals surface area contributed by atoms with Crippen LogP contribution in [0.5, 0.6) is 0 Å². The number of carbonyl (C=O) groups is 1. The van der Waals surface area contributed by atoms with E-state index in [9.17, 15) is 4.79 Å². The van der Waals surface area contributed by atoms with Crippen LogP contribution in [0.1, 0.15) is 30.9 Å². The highest BCUT2D eigenvalue weighted by atomic mass is 16.2.